The van der Waals surface area contributed by atoms with Crippen molar-refractivity contribution in [3.05, 3.63) is 100 Å². The average Bonchev–Trinajstić information content (AvgIpc) is 3.07. The van der Waals surface area contributed by atoms with Gasteiger partial charge >= 0.3 is 0 Å². The second-order valence-corrected chi connectivity index (χ2v) is 9.16. The van der Waals surface area contributed by atoms with Crippen LogP contribution >= 0.6 is 11.6 Å². The Hall–Kier alpha value is -3.24. The lowest BCUT2D eigenvalue weighted by molar-refractivity contribution is -0.129. The topological polar surface area (TPSA) is 54.5 Å². The Morgan fingerprint density at radius 1 is 0.774 bits per heavy atom. The summed E-state index contributed by atoms with van der Waals surface area (Å²) in [4.78, 5) is 41.9. The summed E-state index contributed by atoms with van der Waals surface area (Å²) in [5, 5.41) is 0.525. The number of imide groups is 1. The van der Waals surface area contributed by atoms with Crippen molar-refractivity contribution >= 4 is 35.4 Å². The molecule has 3 aromatic rings. The standard InChI is InChI=1S/C26H18ClNO3/c1-25-17-6-2-4-8-19(17)26(14-29,20-9-5-3-7-18(20)25)22-21(25)23(30)28(24(22)31)16-12-10-15(27)11-13-16/h2-14,21-22H,1H3/t21-,22+,25?,26?/m0/s1. The molecule has 0 spiro atoms. The first kappa shape index (κ1) is 18.5. The van der Waals surface area contributed by atoms with Crippen LogP contribution in [0.5, 0.6) is 0 Å². The third kappa shape index (κ3) is 1.95. The number of benzene rings is 3. The maximum absolute atomic E-state index is 13.9. The Bertz CT molecular complexity index is 1250. The molecule has 0 N–H and O–H groups in total. The van der Waals surface area contributed by atoms with E-state index in [1.54, 1.807) is 24.3 Å². The fourth-order valence-electron chi connectivity index (χ4n) is 6.31. The molecule has 2 amide bonds. The van der Waals surface area contributed by atoms with Crippen molar-refractivity contribution in [3.63, 3.8) is 0 Å². The second kappa shape index (κ2) is 5.92. The predicted molar refractivity (Wildman–Crippen MR) is 117 cm³/mol. The van der Waals surface area contributed by atoms with Gasteiger partial charge in [-0.25, -0.2) is 4.90 Å². The van der Waals surface area contributed by atoms with E-state index in [0.29, 0.717) is 10.7 Å². The zero-order valence-corrected chi connectivity index (χ0v) is 17.5. The lowest BCUT2D eigenvalue weighted by Crippen LogP contribution is -2.61. The molecule has 0 unspecified atom stereocenters. The highest BCUT2D eigenvalue weighted by Gasteiger charge is 2.72. The quantitative estimate of drug-likeness (QED) is 0.453. The van der Waals surface area contributed by atoms with Gasteiger partial charge in [0.05, 0.1) is 22.9 Å². The molecule has 4 nitrogen and oxygen atoms in total. The first-order valence-corrected chi connectivity index (χ1v) is 10.6. The molecule has 7 rings (SSSR count). The SMILES string of the molecule is CC12c3ccccc3C(C=O)(c3ccccc31)[C@H]1C(=O)N(c3ccc(Cl)cc3)C(=O)[C@H]12. The number of nitrogens with zero attached hydrogens (tertiary/aromatic N) is 1. The molecule has 31 heavy (non-hydrogen) atoms. The second-order valence-electron chi connectivity index (χ2n) is 8.72. The van der Waals surface area contributed by atoms with Crippen molar-refractivity contribution in [2.75, 3.05) is 4.90 Å². The van der Waals surface area contributed by atoms with Gasteiger partial charge in [-0.05, 0) is 46.5 Å². The van der Waals surface area contributed by atoms with Crippen LogP contribution in [0.2, 0.25) is 5.02 Å². The van der Waals surface area contributed by atoms with Crippen LogP contribution in [0.1, 0.15) is 29.2 Å². The van der Waals surface area contributed by atoms with E-state index in [2.05, 4.69) is 0 Å². The van der Waals surface area contributed by atoms with Gasteiger partial charge in [-0.1, -0.05) is 67.1 Å². The molecule has 3 aliphatic carbocycles. The molecule has 0 radical (unpaired) electrons. The number of anilines is 1. The minimum Gasteiger partial charge on any atom is -0.302 e. The van der Waals surface area contributed by atoms with E-state index < -0.39 is 22.7 Å². The van der Waals surface area contributed by atoms with Crippen molar-refractivity contribution in [3.8, 4) is 0 Å². The van der Waals surface area contributed by atoms with Crippen molar-refractivity contribution in [2.24, 2.45) is 11.8 Å². The zero-order valence-electron chi connectivity index (χ0n) is 16.7. The smallest absolute Gasteiger partial charge is 0.239 e. The van der Waals surface area contributed by atoms with Crippen LogP contribution in [-0.2, 0) is 25.2 Å². The summed E-state index contributed by atoms with van der Waals surface area (Å²) < 4.78 is 0. The molecule has 152 valence electrons. The molecule has 5 heteroatoms. The molecular weight excluding hydrogens is 410 g/mol. The summed E-state index contributed by atoms with van der Waals surface area (Å²) in [6.45, 7) is 2.03. The minimum absolute atomic E-state index is 0.268. The van der Waals surface area contributed by atoms with Gasteiger partial charge in [-0.3, -0.25) is 9.59 Å². The molecule has 1 saturated heterocycles. The van der Waals surface area contributed by atoms with Gasteiger partial charge in [-0.15, -0.1) is 0 Å². The van der Waals surface area contributed by atoms with Crippen molar-refractivity contribution in [1.82, 2.24) is 0 Å². The predicted octanol–water partition coefficient (Wildman–Crippen LogP) is 4.26. The number of hydrogen-bond donors (Lipinski definition) is 0. The van der Waals surface area contributed by atoms with Crippen LogP contribution in [0, 0.1) is 11.8 Å². The number of aldehydes is 1. The maximum Gasteiger partial charge on any atom is 0.239 e. The molecule has 2 bridgehead atoms. The van der Waals surface area contributed by atoms with E-state index in [9.17, 15) is 14.4 Å². The van der Waals surface area contributed by atoms with Gasteiger partial charge < -0.3 is 4.79 Å². The fraction of sp³-hybridized carbons (Fsp3) is 0.192. The normalized spacial score (nSPS) is 30.1. The highest BCUT2D eigenvalue weighted by molar-refractivity contribution is 6.31. The molecule has 1 aliphatic heterocycles. The molecule has 2 atom stereocenters. The van der Waals surface area contributed by atoms with Crippen molar-refractivity contribution in [1.29, 1.82) is 0 Å². The molecule has 4 aliphatic rings. The van der Waals surface area contributed by atoms with Gasteiger partial charge in [0.1, 0.15) is 6.29 Å². The minimum atomic E-state index is -1.19. The van der Waals surface area contributed by atoms with E-state index in [1.807, 2.05) is 55.5 Å². The van der Waals surface area contributed by atoms with Gasteiger partial charge in [0, 0.05) is 10.4 Å². The monoisotopic (exact) mass is 427 g/mol. The van der Waals surface area contributed by atoms with Crippen LogP contribution in [-0.4, -0.2) is 18.1 Å². The van der Waals surface area contributed by atoms with E-state index in [4.69, 9.17) is 11.6 Å². The first-order valence-electron chi connectivity index (χ1n) is 10.3. The number of carbonyl (C=O) groups excluding carboxylic acids is 3. The third-order valence-electron chi connectivity index (χ3n) is 7.55. The number of carbonyl (C=O) groups is 3. The lowest BCUT2D eigenvalue weighted by Gasteiger charge is -2.56. The van der Waals surface area contributed by atoms with E-state index in [1.165, 1.54) is 4.90 Å². The summed E-state index contributed by atoms with van der Waals surface area (Å²) >= 11 is 6.02. The van der Waals surface area contributed by atoms with Crippen LogP contribution in [0.4, 0.5) is 5.69 Å². The van der Waals surface area contributed by atoms with E-state index in [-0.39, 0.29) is 11.8 Å². The Balaban J connectivity index is 1.69. The van der Waals surface area contributed by atoms with Gasteiger partial charge in [0.2, 0.25) is 11.8 Å². The van der Waals surface area contributed by atoms with Crippen LogP contribution in [0.3, 0.4) is 0 Å². The molecule has 1 heterocycles. The Morgan fingerprint density at radius 3 is 1.77 bits per heavy atom. The Kier molecular flexibility index (Phi) is 3.54. The largest absolute Gasteiger partial charge is 0.302 e. The fourth-order valence-corrected chi connectivity index (χ4v) is 6.43. The highest BCUT2D eigenvalue weighted by Crippen LogP contribution is 2.66. The Labute approximate surface area is 184 Å². The van der Waals surface area contributed by atoms with Gasteiger partial charge in [-0.2, -0.15) is 0 Å². The number of amides is 2. The number of rotatable bonds is 2. The molecule has 3 aromatic carbocycles. The first-order chi connectivity index (χ1) is 15.0. The van der Waals surface area contributed by atoms with Gasteiger partial charge in [0.15, 0.2) is 0 Å². The van der Waals surface area contributed by atoms with Crippen LogP contribution < -0.4 is 4.90 Å². The molecule has 0 aromatic heterocycles. The molecular formula is C26H18ClNO3. The number of hydrogen-bond acceptors (Lipinski definition) is 3. The van der Waals surface area contributed by atoms with Crippen LogP contribution in [0.15, 0.2) is 72.8 Å². The average molecular weight is 428 g/mol. The van der Waals surface area contributed by atoms with Crippen molar-refractivity contribution < 1.29 is 14.4 Å². The zero-order chi connectivity index (χ0) is 21.5. The number of halogens is 1. The summed E-state index contributed by atoms with van der Waals surface area (Å²) in [5.74, 6) is -2.05. The summed E-state index contributed by atoms with van der Waals surface area (Å²) in [6, 6.07) is 22.1. The van der Waals surface area contributed by atoms with E-state index >= 15 is 0 Å². The Morgan fingerprint density at radius 2 is 1.26 bits per heavy atom. The van der Waals surface area contributed by atoms with E-state index in [0.717, 1.165) is 28.5 Å². The summed E-state index contributed by atoms with van der Waals surface area (Å²) in [5.41, 5.74) is 2.12. The lowest BCUT2D eigenvalue weighted by atomic mass is 9.42. The summed E-state index contributed by atoms with van der Waals surface area (Å²) in [6.07, 6.45) is 0.887. The van der Waals surface area contributed by atoms with Crippen LogP contribution in [0.25, 0.3) is 0 Å². The van der Waals surface area contributed by atoms with Gasteiger partial charge in [0.25, 0.3) is 0 Å². The highest BCUT2D eigenvalue weighted by atomic mass is 35.5. The third-order valence-corrected chi connectivity index (χ3v) is 7.81. The molecule has 1 fully saturated rings. The molecule has 0 saturated carbocycles. The van der Waals surface area contributed by atoms with Crippen molar-refractivity contribution in [2.45, 2.75) is 17.8 Å². The summed E-state index contributed by atoms with van der Waals surface area (Å²) in [7, 11) is 0. The maximum atomic E-state index is 13.9.